The molecule has 2 aromatic rings. The predicted molar refractivity (Wildman–Crippen MR) is 104 cm³/mol. The molecule has 4 heteroatoms. The fraction of sp³-hybridized carbons (Fsp3) is 0.318. The number of nitrogens with zero attached hydrogens (tertiary/aromatic N) is 1. The van der Waals surface area contributed by atoms with Gasteiger partial charge in [-0.3, -0.25) is 4.79 Å². The minimum absolute atomic E-state index is 0.0862. The molecule has 0 saturated heterocycles. The minimum atomic E-state index is -0.123. The van der Waals surface area contributed by atoms with Crippen LogP contribution in [0, 0.1) is 5.92 Å². The quantitative estimate of drug-likeness (QED) is 0.688. The lowest BCUT2D eigenvalue weighted by atomic mass is 10.0. The minimum Gasteiger partial charge on any atom is -0.508 e. The average molecular weight is 353 g/mol. The van der Waals surface area contributed by atoms with Crippen molar-refractivity contribution in [2.75, 3.05) is 13.7 Å². The molecule has 138 valence electrons. The summed E-state index contributed by atoms with van der Waals surface area (Å²) in [6, 6.07) is 14.9. The number of hydrogen-bond donors (Lipinski definition) is 1. The number of rotatable bonds is 9. The third kappa shape index (κ3) is 5.38. The van der Waals surface area contributed by atoms with Crippen molar-refractivity contribution in [2.45, 2.75) is 26.3 Å². The summed E-state index contributed by atoms with van der Waals surface area (Å²) in [6.07, 6.45) is 3.12. The standard InChI is InChI=1S/C22H27NO3/c1-4-8-17(2)22(25)23(16-18-9-7-11-20(24)15-18)14-13-19-10-5-6-12-21(19)26-3/h4-7,9-12,15,17,24H,1,8,13-14,16H2,2-3H3. The Morgan fingerprint density at radius 2 is 2.04 bits per heavy atom. The first-order valence-corrected chi connectivity index (χ1v) is 8.84. The number of methoxy groups -OCH3 is 1. The first-order chi connectivity index (χ1) is 12.5. The molecule has 2 aromatic carbocycles. The SMILES string of the molecule is C=CCC(C)C(=O)N(CCc1ccccc1OC)Cc1cccc(O)c1. The Labute approximate surface area is 155 Å². The fourth-order valence-corrected chi connectivity index (χ4v) is 2.97. The number of allylic oxidation sites excluding steroid dienone is 1. The molecule has 0 aromatic heterocycles. The molecule has 0 radical (unpaired) electrons. The van der Waals surface area contributed by atoms with Crippen LogP contribution in [0.1, 0.15) is 24.5 Å². The molecular weight excluding hydrogens is 326 g/mol. The maximum absolute atomic E-state index is 12.9. The molecular formula is C22H27NO3. The zero-order valence-electron chi connectivity index (χ0n) is 15.5. The van der Waals surface area contributed by atoms with Crippen molar-refractivity contribution in [1.29, 1.82) is 0 Å². The first-order valence-electron chi connectivity index (χ1n) is 8.84. The molecule has 1 N–H and O–H groups in total. The maximum atomic E-state index is 12.9. The van der Waals surface area contributed by atoms with Gasteiger partial charge in [0.15, 0.2) is 0 Å². The number of ether oxygens (including phenoxy) is 1. The van der Waals surface area contributed by atoms with Gasteiger partial charge in [0.05, 0.1) is 7.11 Å². The lowest BCUT2D eigenvalue weighted by molar-refractivity contribution is -0.135. The number of phenols is 1. The van der Waals surface area contributed by atoms with E-state index < -0.39 is 0 Å². The van der Waals surface area contributed by atoms with E-state index in [9.17, 15) is 9.90 Å². The van der Waals surface area contributed by atoms with Crippen LogP contribution in [0.25, 0.3) is 0 Å². The molecule has 1 unspecified atom stereocenters. The highest BCUT2D eigenvalue weighted by Gasteiger charge is 2.20. The van der Waals surface area contributed by atoms with Gasteiger partial charge in [0.1, 0.15) is 11.5 Å². The van der Waals surface area contributed by atoms with E-state index in [4.69, 9.17) is 4.74 Å². The van der Waals surface area contributed by atoms with Gasteiger partial charge < -0.3 is 14.7 Å². The molecule has 2 rings (SSSR count). The van der Waals surface area contributed by atoms with Crippen LogP contribution in [-0.4, -0.2) is 29.6 Å². The molecule has 0 spiro atoms. The summed E-state index contributed by atoms with van der Waals surface area (Å²) in [7, 11) is 1.65. The molecule has 0 heterocycles. The highest BCUT2D eigenvalue weighted by Crippen LogP contribution is 2.20. The van der Waals surface area contributed by atoms with Crippen molar-refractivity contribution in [1.82, 2.24) is 4.90 Å². The number of hydrogen-bond acceptors (Lipinski definition) is 3. The Morgan fingerprint density at radius 1 is 1.27 bits per heavy atom. The van der Waals surface area contributed by atoms with Gasteiger partial charge in [0.25, 0.3) is 0 Å². The molecule has 0 aliphatic carbocycles. The smallest absolute Gasteiger partial charge is 0.226 e. The van der Waals surface area contributed by atoms with Crippen molar-refractivity contribution in [3.05, 3.63) is 72.3 Å². The maximum Gasteiger partial charge on any atom is 0.226 e. The second-order valence-corrected chi connectivity index (χ2v) is 6.42. The number of aromatic hydroxyl groups is 1. The van der Waals surface area contributed by atoms with E-state index in [0.717, 1.165) is 16.9 Å². The topological polar surface area (TPSA) is 49.8 Å². The van der Waals surface area contributed by atoms with Crippen LogP contribution < -0.4 is 4.74 Å². The Morgan fingerprint density at radius 3 is 2.73 bits per heavy atom. The van der Waals surface area contributed by atoms with Gasteiger partial charge in [-0.25, -0.2) is 0 Å². The largest absolute Gasteiger partial charge is 0.508 e. The monoisotopic (exact) mass is 353 g/mol. The van der Waals surface area contributed by atoms with Crippen molar-refractivity contribution >= 4 is 5.91 Å². The van der Waals surface area contributed by atoms with Crippen LogP contribution in [0.2, 0.25) is 0 Å². The van der Waals surface area contributed by atoms with Gasteiger partial charge in [-0.15, -0.1) is 6.58 Å². The molecule has 0 bridgehead atoms. The summed E-state index contributed by atoms with van der Waals surface area (Å²) in [5, 5.41) is 9.70. The molecule has 1 amide bonds. The van der Waals surface area contributed by atoms with Gasteiger partial charge in [-0.2, -0.15) is 0 Å². The van der Waals surface area contributed by atoms with Gasteiger partial charge in [0.2, 0.25) is 5.91 Å². The second-order valence-electron chi connectivity index (χ2n) is 6.42. The third-order valence-corrected chi connectivity index (χ3v) is 4.38. The third-order valence-electron chi connectivity index (χ3n) is 4.38. The Balaban J connectivity index is 2.16. The highest BCUT2D eigenvalue weighted by molar-refractivity contribution is 5.78. The zero-order chi connectivity index (χ0) is 18.9. The van der Waals surface area contributed by atoms with Gasteiger partial charge >= 0.3 is 0 Å². The highest BCUT2D eigenvalue weighted by atomic mass is 16.5. The number of phenolic OH excluding ortho intramolecular Hbond substituents is 1. The summed E-state index contributed by atoms with van der Waals surface area (Å²) < 4.78 is 5.41. The predicted octanol–water partition coefficient (Wildman–Crippen LogP) is 4.18. The van der Waals surface area contributed by atoms with Crippen LogP contribution in [0.5, 0.6) is 11.5 Å². The number of carbonyl (C=O) groups excluding carboxylic acids is 1. The van der Waals surface area contributed by atoms with Gasteiger partial charge in [-0.1, -0.05) is 43.3 Å². The lowest BCUT2D eigenvalue weighted by Crippen LogP contribution is -2.36. The Hall–Kier alpha value is -2.75. The van der Waals surface area contributed by atoms with Crippen molar-refractivity contribution in [3.63, 3.8) is 0 Å². The van der Waals surface area contributed by atoms with Crippen molar-refractivity contribution in [3.8, 4) is 11.5 Å². The number of carbonyl (C=O) groups is 1. The summed E-state index contributed by atoms with van der Waals surface area (Å²) >= 11 is 0. The summed E-state index contributed by atoms with van der Waals surface area (Å²) in [5.41, 5.74) is 1.98. The second kappa shape index (κ2) is 9.66. The van der Waals surface area contributed by atoms with Crippen LogP contribution >= 0.6 is 0 Å². The number of amides is 1. The molecule has 0 aliphatic heterocycles. The van der Waals surface area contributed by atoms with E-state index in [-0.39, 0.29) is 17.6 Å². The number of benzene rings is 2. The fourth-order valence-electron chi connectivity index (χ4n) is 2.97. The summed E-state index contributed by atoms with van der Waals surface area (Å²) in [5.74, 6) is 1.00. The van der Waals surface area contributed by atoms with Crippen LogP contribution in [-0.2, 0) is 17.8 Å². The normalized spacial score (nSPS) is 11.6. The van der Waals surface area contributed by atoms with Crippen LogP contribution in [0.4, 0.5) is 0 Å². The lowest BCUT2D eigenvalue weighted by Gasteiger charge is -2.26. The molecule has 0 saturated carbocycles. The van der Waals surface area contributed by atoms with E-state index in [1.54, 1.807) is 31.4 Å². The van der Waals surface area contributed by atoms with E-state index >= 15 is 0 Å². The zero-order valence-corrected chi connectivity index (χ0v) is 15.5. The Kier molecular flexibility index (Phi) is 7.27. The van der Waals surface area contributed by atoms with E-state index in [1.165, 1.54) is 0 Å². The van der Waals surface area contributed by atoms with Crippen molar-refractivity contribution in [2.24, 2.45) is 5.92 Å². The van der Waals surface area contributed by atoms with Gasteiger partial charge in [0, 0.05) is 19.0 Å². The molecule has 1 atom stereocenters. The molecule has 26 heavy (non-hydrogen) atoms. The van der Waals surface area contributed by atoms with E-state index in [2.05, 4.69) is 6.58 Å². The molecule has 0 aliphatic rings. The molecule has 0 fully saturated rings. The summed E-state index contributed by atoms with van der Waals surface area (Å²) in [6.45, 7) is 6.70. The van der Waals surface area contributed by atoms with Gasteiger partial charge in [-0.05, 0) is 42.2 Å². The van der Waals surface area contributed by atoms with Crippen LogP contribution in [0.15, 0.2) is 61.2 Å². The Bertz CT molecular complexity index is 742. The van der Waals surface area contributed by atoms with Crippen molar-refractivity contribution < 1.29 is 14.6 Å². The average Bonchev–Trinajstić information content (AvgIpc) is 2.65. The van der Waals surface area contributed by atoms with E-state index in [1.807, 2.05) is 42.2 Å². The number of para-hydroxylation sites is 1. The van der Waals surface area contributed by atoms with E-state index in [0.29, 0.717) is 25.9 Å². The first kappa shape index (κ1) is 19.6. The van der Waals surface area contributed by atoms with Crippen LogP contribution in [0.3, 0.4) is 0 Å². The summed E-state index contributed by atoms with van der Waals surface area (Å²) in [4.78, 5) is 14.7. The molecule has 4 nitrogen and oxygen atoms in total.